The highest BCUT2D eigenvalue weighted by atomic mass is 16.5. The number of anilines is 3. The smallest absolute Gasteiger partial charge is 0.321 e. The summed E-state index contributed by atoms with van der Waals surface area (Å²) in [5.41, 5.74) is 1.71. The number of aryl methyl sites for hydroxylation is 1. The van der Waals surface area contributed by atoms with E-state index in [2.05, 4.69) is 20.1 Å². The van der Waals surface area contributed by atoms with E-state index < -0.39 is 0 Å². The second kappa shape index (κ2) is 9.82. The molecule has 9 heteroatoms. The first-order valence-corrected chi connectivity index (χ1v) is 10.8. The van der Waals surface area contributed by atoms with Gasteiger partial charge in [0, 0.05) is 56.7 Å². The molecule has 2 saturated heterocycles. The van der Waals surface area contributed by atoms with Crippen LogP contribution in [0.2, 0.25) is 0 Å². The van der Waals surface area contributed by atoms with Gasteiger partial charge in [-0.2, -0.15) is 4.98 Å². The van der Waals surface area contributed by atoms with Crippen molar-refractivity contribution in [1.82, 2.24) is 14.9 Å². The number of carbonyl (C=O) groups is 1. The maximum Gasteiger partial charge on any atom is 0.321 e. The molecule has 1 N–H and O–H groups in total. The van der Waals surface area contributed by atoms with E-state index in [1.54, 1.807) is 0 Å². The lowest BCUT2D eigenvalue weighted by atomic mass is 10.3. The van der Waals surface area contributed by atoms with Gasteiger partial charge in [0.25, 0.3) is 0 Å². The van der Waals surface area contributed by atoms with Crippen molar-refractivity contribution in [2.24, 2.45) is 0 Å². The molecular formula is C22H30N6O3. The van der Waals surface area contributed by atoms with Crippen LogP contribution in [0.3, 0.4) is 0 Å². The SMILES string of the molecule is CCOc1ccc(NC(=O)N2CCN(c3cc(C)nc(N4CCOCC4)n3)CC2)cc1. The Morgan fingerprint density at radius 2 is 1.74 bits per heavy atom. The van der Waals surface area contributed by atoms with E-state index in [1.165, 1.54) is 0 Å². The first-order chi connectivity index (χ1) is 15.1. The molecule has 1 aromatic heterocycles. The Balaban J connectivity index is 1.34. The number of aromatic nitrogens is 2. The Morgan fingerprint density at radius 3 is 2.42 bits per heavy atom. The molecule has 0 unspecified atom stereocenters. The largest absolute Gasteiger partial charge is 0.494 e. The van der Waals surface area contributed by atoms with Crippen molar-refractivity contribution in [1.29, 1.82) is 0 Å². The van der Waals surface area contributed by atoms with Gasteiger partial charge in [0.1, 0.15) is 11.6 Å². The Labute approximate surface area is 183 Å². The molecule has 2 amide bonds. The summed E-state index contributed by atoms with van der Waals surface area (Å²) in [7, 11) is 0. The zero-order valence-electron chi connectivity index (χ0n) is 18.2. The molecule has 0 spiro atoms. The van der Waals surface area contributed by atoms with Crippen molar-refractivity contribution < 1.29 is 14.3 Å². The predicted octanol–water partition coefficient (Wildman–Crippen LogP) is 2.37. The summed E-state index contributed by atoms with van der Waals surface area (Å²) >= 11 is 0. The van der Waals surface area contributed by atoms with Gasteiger partial charge < -0.3 is 29.5 Å². The van der Waals surface area contributed by atoms with Crippen molar-refractivity contribution in [2.45, 2.75) is 13.8 Å². The number of benzene rings is 1. The van der Waals surface area contributed by atoms with Crippen molar-refractivity contribution in [3.8, 4) is 5.75 Å². The summed E-state index contributed by atoms with van der Waals surface area (Å²) < 4.78 is 10.9. The molecule has 0 radical (unpaired) electrons. The number of amides is 2. The average Bonchev–Trinajstić information content (AvgIpc) is 2.81. The summed E-state index contributed by atoms with van der Waals surface area (Å²) in [5, 5.41) is 2.97. The van der Waals surface area contributed by atoms with E-state index in [-0.39, 0.29) is 6.03 Å². The molecule has 1 aromatic carbocycles. The number of morpholine rings is 1. The number of carbonyl (C=O) groups excluding carboxylic acids is 1. The molecule has 2 fully saturated rings. The number of urea groups is 1. The van der Waals surface area contributed by atoms with E-state index in [9.17, 15) is 4.79 Å². The van der Waals surface area contributed by atoms with E-state index in [4.69, 9.17) is 14.5 Å². The maximum absolute atomic E-state index is 12.7. The fraction of sp³-hybridized carbons (Fsp3) is 0.500. The highest BCUT2D eigenvalue weighted by molar-refractivity contribution is 5.89. The van der Waals surface area contributed by atoms with Gasteiger partial charge in [0.05, 0.1) is 19.8 Å². The van der Waals surface area contributed by atoms with E-state index in [0.29, 0.717) is 32.9 Å². The van der Waals surface area contributed by atoms with Crippen LogP contribution in [0.5, 0.6) is 5.75 Å². The molecule has 0 bridgehead atoms. The van der Waals surface area contributed by atoms with Gasteiger partial charge in [-0.15, -0.1) is 0 Å². The molecular weight excluding hydrogens is 396 g/mol. The first-order valence-electron chi connectivity index (χ1n) is 10.8. The molecule has 0 atom stereocenters. The monoisotopic (exact) mass is 426 g/mol. The molecule has 0 saturated carbocycles. The summed E-state index contributed by atoms with van der Waals surface area (Å²) in [6.45, 7) is 10.3. The molecule has 31 heavy (non-hydrogen) atoms. The topological polar surface area (TPSA) is 83.1 Å². The standard InChI is InChI=1S/C22H30N6O3/c1-3-31-19-6-4-18(5-7-19)24-22(29)28-10-8-26(9-11-28)20-16-17(2)23-21(25-20)27-12-14-30-15-13-27/h4-7,16H,3,8-15H2,1-2H3,(H,24,29). The molecule has 2 aliphatic rings. The molecule has 2 aromatic rings. The normalized spacial score (nSPS) is 16.9. The van der Waals surface area contributed by atoms with Crippen molar-refractivity contribution in [3.63, 3.8) is 0 Å². The van der Waals surface area contributed by atoms with Crippen molar-refractivity contribution in [3.05, 3.63) is 36.0 Å². The number of rotatable bonds is 5. The second-order valence-corrected chi connectivity index (χ2v) is 7.63. The van der Waals surface area contributed by atoms with E-state index in [0.717, 1.165) is 55.1 Å². The number of hydrogen-bond donors (Lipinski definition) is 1. The highest BCUT2D eigenvalue weighted by Crippen LogP contribution is 2.21. The first kappa shape index (κ1) is 21.2. The van der Waals surface area contributed by atoms with Crippen LogP contribution >= 0.6 is 0 Å². The molecule has 9 nitrogen and oxygen atoms in total. The summed E-state index contributed by atoms with van der Waals surface area (Å²) in [6.07, 6.45) is 0. The fourth-order valence-corrected chi connectivity index (χ4v) is 3.75. The minimum atomic E-state index is -0.0864. The van der Waals surface area contributed by atoms with Gasteiger partial charge in [-0.3, -0.25) is 0 Å². The van der Waals surface area contributed by atoms with Crippen LogP contribution in [-0.4, -0.2) is 80.0 Å². The van der Waals surface area contributed by atoms with Gasteiger partial charge in [-0.1, -0.05) is 0 Å². The van der Waals surface area contributed by atoms with Gasteiger partial charge in [-0.25, -0.2) is 9.78 Å². The second-order valence-electron chi connectivity index (χ2n) is 7.63. The third kappa shape index (κ3) is 5.35. The maximum atomic E-state index is 12.7. The lowest BCUT2D eigenvalue weighted by Crippen LogP contribution is -2.50. The van der Waals surface area contributed by atoms with Crippen LogP contribution in [0.4, 0.5) is 22.2 Å². The minimum Gasteiger partial charge on any atom is -0.494 e. The number of nitrogens with zero attached hydrogens (tertiary/aromatic N) is 5. The molecule has 0 aliphatic carbocycles. The van der Waals surface area contributed by atoms with Crippen LogP contribution in [0.25, 0.3) is 0 Å². The third-order valence-corrected chi connectivity index (χ3v) is 5.43. The highest BCUT2D eigenvalue weighted by Gasteiger charge is 2.23. The lowest BCUT2D eigenvalue weighted by molar-refractivity contribution is 0.122. The molecule has 166 valence electrons. The van der Waals surface area contributed by atoms with Gasteiger partial charge >= 0.3 is 6.03 Å². The number of hydrogen-bond acceptors (Lipinski definition) is 7. The Kier molecular flexibility index (Phi) is 6.71. The van der Waals surface area contributed by atoms with Crippen LogP contribution < -0.4 is 19.9 Å². The zero-order valence-corrected chi connectivity index (χ0v) is 18.2. The number of piperazine rings is 1. The fourth-order valence-electron chi connectivity index (χ4n) is 3.75. The number of ether oxygens (including phenoxy) is 2. The molecule has 2 aliphatic heterocycles. The van der Waals surface area contributed by atoms with Gasteiger partial charge in [0.15, 0.2) is 0 Å². The molecule has 4 rings (SSSR count). The lowest BCUT2D eigenvalue weighted by Gasteiger charge is -2.36. The Hall–Kier alpha value is -3.07. The minimum absolute atomic E-state index is 0.0864. The van der Waals surface area contributed by atoms with Crippen LogP contribution in [-0.2, 0) is 4.74 Å². The van der Waals surface area contributed by atoms with Crippen LogP contribution in [0.15, 0.2) is 30.3 Å². The third-order valence-electron chi connectivity index (χ3n) is 5.43. The summed E-state index contributed by atoms with van der Waals surface area (Å²) in [6, 6.07) is 9.36. The summed E-state index contributed by atoms with van der Waals surface area (Å²) in [4.78, 5) is 28.3. The molecule has 3 heterocycles. The Morgan fingerprint density at radius 1 is 1.03 bits per heavy atom. The van der Waals surface area contributed by atoms with E-state index in [1.807, 2.05) is 49.1 Å². The van der Waals surface area contributed by atoms with Crippen LogP contribution in [0, 0.1) is 6.92 Å². The number of nitrogens with one attached hydrogen (secondary N) is 1. The van der Waals surface area contributed by atoms with Gasteiger partial charge in [0.2, 0.25) is 5.95 Å². The summed E-state index contributed by atoms with van der Waals surface area (Å²) in [5.74, 6) is 2.47. The zero-order chi connectivity index (χ0) is 21.6. The quantitative estimate of drug-likeness (QED) is 0.786. The van der Waals surface area contributed by atoms with E-state index >= 15 is 0 Å². The average molecular weight is 427 g/mol. The van der Waals surface area contributed by atoms with Crippen molar-refractivity contribution >= 4 is 23.5 Å². The van der Waals surface area contributed by atoms with Crippen LogP contribution in [0.1, 0.15) is 12.6 Å². The Bertz CT molecular complexity index is 877. The van der Waals surface area contributed by atoms with Crippen molar-refractivity contribution in [2.75, 3.05) is 74.2 Å². The predicted molar refractivity (Wildman–Crippen MR) is 120 cm³/mol. The van der Waals surface area contributed by atoms with Gasteiger partial charge in [-0.05, 0) is 38.1 Å².